The van der Waals surface area contributed by atoms with Gasteiger partial charge in [-0.25, -0.2) is 4.39 Å². The van der Waals surface area contributed by atoms with Gasteiger partial charge in [0.15, 0.2) is 0 Å². The summed E-state index contributed by atoms with van der Waals surface area (Å²) in [6.45, 7) is 0. The van der Waals surface area contributed by atoms with E-state index in [1.54, 1.807) is 12.1 Å². The van der Waals surface area contributed by atoms with Crippen LogP contribution in [0.4, 0.5) is 4.39 Å². The van der Waals surface area contributed by atoms with Crippen LogP contribution in [0.15, 0.2) is 42.5 Å². The van der Waals surface area contributed by atoms with Gasteiger partial charge in [-0.2, -0.15) is 0 Å². The zero-order chi connectivity index (χ0) is 13.1. The highest BCUT2D eigenvalue weighted by Gasteiger charge is 2.11. The van der Waals surface area contributed by atoms with Gasteiger partial charge >= 0.3 is 5.97 Å². The van der Waals surface area contributed by atoms with Crippen molar-refractivity contribution in [3.63, 3.8) is 0 Å². The van der Waals surface area contributed by atoms with Crippen LogP contribution in [-0.4, -0.2) is 16.2 Å². The normalized spacial score (nSPS) is 10.3. The van der Waals surface area contributed by atoms with Crippen molar-refractivity contribution in [1.29, 1.82) is 0 Å². The van der Waals surface area contributed by atoms with Crippen molar-refractivity contribution in [2.45, 2.75) is 6.42 Å². The molecule has 3 nitrogen and oxygen atoms in total. The molecule has 4 heteroatoms. The molecule has 0 spiro atoms. The van der Waals surface area contributed by atoms with Crippen LogP contribution < -0.4 is 0 Å². The largest absolute Gasteiger partial charge is 0.507 e. The summed E-state index contributed by atoms with van der Waals surface area (Å²) in [5.74, 6) is -1.50. The van der Waals surface area contributed by atoms with Gasteiger partial charge < -0.3 is 10.2 Å². The third kappa shape index (κ3) is 2.48. The Balaban J connectivity index is 2.50. The summed E-state index contributed by atoms with van der Waals surface area (Å²) in [6, 6.07) is 10.4. The number of phenolic OH excluding ortho intramolecular Hbond substituents is 1. The third-order valence-corrected chi connectivity index (χ3v) is 2.58. The summed E-state index contributed by atoms with van der Waals surface area (Å²) in [4.78, 5) is 10.6. The number of rotatable bonds is 3. The number of benzene rings is 2. The minimum atomic E-state index is -0.972. The predicted octanol–water partition coefficient (Wildman–Crippen LogP) is 2.83. The average Bonchev–Trinajstić information content (AvgIpc) is 2.32. The number of hydrogen-bond acceptors (Lipinski definition) is 2. The summed E-state index contributed by atoms with van der Waals surface area (Å²) < 4.78 is 13.6. The zero-order valence-electron chi connectivity index (χ0n) is 9.43. The van der Waals surface area contributed by atoms with Crippen molar-refractivity contribution in [3.05, 3.63) is 53.8 Å². The van der Waals surface area contributed by atoms with Crippen molar-refractivity contribution < 1.29 is 19.4 Å². The van der Waals surface area contributed by atoms with Crippen LogP contribution in [0, 0.1) is 5.82 Å². The highest BCUT2D eigenvalue weighted by molar-refractivity contribution is 5.75. The van der Waals surface area contributed by atoms with Crippen LogP contribution in [0.5, 0.6) is 5.75 Å². The molecular weight excluding hydrogens is 235 g/mol. The second-order valence-electron chi connectivity index (χ2n) is 3.90. The van der Waals surface area contributed by atoms with Gasteiger partial charge in [0.05, 0.1) is 6.42 Å². The lowest BCUT2D eigenvalue weighted by Gasteiger charge is -2.08. The second kappa shape index (κ2) is 4.87. The Kier molecular flexibility index (Phi) is 3.28. The summed E-state index contributed by atoms with van der Waals surface area (Å²) in [5, 5.41) is 18.4. The van der Waals surface area contributed by atoms with E-state index < -0.39 is 11.8 Å². The molecule has 0 radical (unpaired) electrons. The fourth-order valence-electron chi connectivity index (χ4n) is 1.76. The van der Waals surface area contributed by atoms with E-state index in [1.807, 2.05) is 0 Å². The molecule has 0 aliphatic heterocycles. The molecule has 0 fully saturated rings. The quantitative estimate of drug-likeness (QED) is 0.875. The lowest BCUT2D eigenvalue weighted by molar-refractivity contribution is -0.136. The first-order valence-corrected chi connectivity index (χ1v) is 5.36. The van der Waals surface area contributed by atoms with E-state index >= 15 is 0 Å². The molecule has 0 amide bonds. The molecule has 0 atom stereocenters. The maximum atomic E-state index is 13.6. The minimum Gasteiger partial charge on any atom is -0.507 e. The van der Waals surface area contributed by atoms with E-state index in [4.69, 9.17) is 5.11 Å². The van der Waals surface area contributed by atoms with E-state index in [9.17, 15) is 14.3 Å². The summed E-state index contributed by atoms with van der Waals surface area (Å²) >= 11 is 0. The molecule has 2 rings (SSSR count). The zero-order valence-corrected chi connectivity index (χ0v) is 9.43. The average molecular weight is 246 g/mol. The lowest BCUT2D eigenvalue weighted by atomic mass is 10.0. The number of aliphatic carboxylic acids is 1. The van der Waals surface area contributed by atoms with Gasteiger partial charge in [0, 0.05) is 11.1 Å². The van der Waals surface area contributed by atoms with Crippen molar-refractivity contribution >= 4 is 5.97 Å². The number of carboxylic acids is 1. The van der Waals surface area contributed by atoms with E-state index in [0.29, 0.717) is 11.1 Å². The van der Waals surface area contributed by atoms with E-state index in [-0.39, 0.29) is 17.7 Å². The van der Waals surface area contributed by atoms with Crippen molar-refractivity contribution in [2.75, 3.05) is 0 Å². The van der Waals surface area contributed by atoms with Gasteiger partial charge in [0.2, 0.25) is 0 Å². The topological polar surface area (TPSA) is 57.5 Å². The van der Waals surface area contributed by atoms with Crippen LogP contribution in [0.1, 0.15) is 5.56 Å². The number of aromatic hydroxyl groups is 1. The van der Waals surface area contributed by atoms with Gasteiger partial charge in [-0.05, 0) is 23.8 Å². The van der Waals surface area contributed by atoms with E-state index in [1.165, 1.54) is 30.3 Å². The Morgan fingerprint density at radius 3 is 2.50 bits per heavy atom. The van der Waals surface area contributed by atoms with Crippen LogP contribution in [0.2, 0.25) is 0 Å². The SMILES string of the molecule is O=C(O)Cc1ccc(O)c(-c2ccccc2F)c1. The summed E-state index contributed by atoms with van der Waals surface area (Å²) in [5.41, 5.74) is 1.06. The molecule has 0 aromatic heterocycles. The number of hydrogen-bond donors (Lipinski definition) is 2. The summed E-state index contributed by atoms with van der Waals surface area (Å²) in [6.07, 6.45) is -0.165. The van der Waals surface area contributed by atoms with Crippen molar-refractivity contribution in [1.82, 2.24) is 0 Å². The Bertz CT molecular complexity index is 593. The number of phenols is 1. The van der Waals surface area contributed by atoms with E-state index in [0.717, 1.165) is 0 Å². The molecule has 92 valence electrons. The highest BCUT2D eigenvalue weighted by Crippen LogP contribution is 2.31. The van der Waals surface area contributed by atoms with Crippen LogP contribution in [-0.2, 0) is 11.2 Å². The van der Waals surface area contributed by atoms with Crippen LogP contribution >= 0.6 is 0 Å². The fourth-order valence-corrected chi connectivity index (χ4v) is 1.76. The first-order valence-electron chi connectivity index (χ1n) is 5.36. The molecular formula is C14H11FO3. The molecule has 0 aliphatic carbocycles. The highest BCUT2D eigenvalue weighted by atomic mass is 19.1. The molecule has 0 saturated carbocycles. The molecule has 2 N–H and O–H groups in total. The van der Waals surface area contributed by atoms with Crippen molar-refractivity contribution in [3.8, 4) is 16.9 Å². The standard InChI is InChI=1S/C14H11FO3/c15-12-4-2-1-3-10(12)11-7-9(8-14(17)18)5-6-13(11)16/h1-7,16H,8H2,(H,17,18). The molecule has 0 unspecified atom stereocenters. The first-order chi connectivity index (χ1) is 8.58. The van der Waals surface area contributed by atoms with Gasteiger partial charge in [0.1, 0.15) is 11.6 Å². The molecule has 0 bridgehead atoms. The maximum absolute atomic E-state index is 13.6. The number of carboxylic acid groups (broad SMARTS) is 1. The lowest BCUT2D eigenvalue weighted by Crippen LogP contribution is -2.00. The van der Waals surface area contributed by atoms with E-state index in [2.05, 4.69) is 0 Å². The monoisotopic (exact) mass is 246 g/mol. The third-order valence-electron chi connectivity index (χ3n) is 2.58. The Labute approximate surface area is 103 Å². The van der Waals surface area contributed by atoms with Gasteiger partial charge in [0.25, 0.3) is 0 Å². The van der Waals surface area contributed by atoms with Gasteiger partial charge in [-0.3, -0.25) is 4.79 Å². The fraction of sp³-hybridized carbons (Fsp3) is 0.0714. The Morgan fingerprint density at radius 1 is 1.11 bits per heavy atom. The molecule has 0 heterocycles. The minimum absolute atomic E-state index is 0.0748. The molecule has 0 aliphatic rings. The smallest absolute Gasteiger partial charge is 0.307 e. The second-order valence-corrected chi connectivity index (χ2v) is 3.90. The molecule has 2 aromatic rings. The van der Waals surface area contributed by atoms with Crippen molar-refractivity contribution in [2.24, 2.45) is 0 Å². The number of carbonyl (C=O) groups is 1. The van der Waals surface area contributed by atoms with Crippen LogP contribution in [0.25, 0.3) is 11.1 Å². The Morgan fingerprint density at radius 2 is 1.83 bits per heavy atom. The van der Waals surface area contributed by atoms with Crippen LogP contribution in [0.3, 0.4) is 0 Å². The number of halogens is 1. The maximum Gasteiger partial charge on any atom is 0.307 e. The summed E-state index contributed by atoms with van der Waals surface area (Å²) in [7, 11) is 0. The predicted molar refractivity (Wildman–Crippen MR) is 64.8 cm³/mol. The Hall–Kier alpha value is -2.36. The first kappa shape index (κ1) is 12.1. The molecule has 0 saturated heterocycles. The van der Waals surface area contributed by atoms with Gasteiger partial charge in [-0.15, -0.1) is 0 Å². The van der Waals surface area contributed by atoms with Gasteiger partial charge in [-0.1, -0.05) is 24.3 Å². The molecule has 2 aromatic carbocycles. The molecule has 18 heavy (non-hydrogen) atoms.